The Morgan fingerprint density at radius 1 is 0.289 bits per heavy atom. The van der Waals surface area contributed by atoms with E-state index in [-0.39, 0.29) is 25.7 Å². The first kappa shape index (κ1) is 95.1. The fourth-order valence-corrected chi connectivity index (χ4v) is 13.5. The zero-order valence-electron chi connectivity index (χ0n) is 63.7. The molecule has 0 saturated heterocycles. The second-order valence-electron chi connectivity index (χ2n) is 29.8. The van der Waals surface area contributed by atoms with E-state index in [0.29, 0.717) is 25.7 Å². The Labute approximate surface area is 594 Å². The molecule has 0 saturated carbocycles. The van der Waals surface area contributed by atoms with Crippen molar-refractivity contribution in [3.8, 4) is 0 Å². The van der Waals surface area contributed by atoms with E-state index < -0.39 is 97.5 Å². The van der Waals surface area contributed by atoms with E-state index >= 15 is 0 Å². The van der Waals surface area contributed by atoms with Gasteiger partial charge in [-0.05, 0) is 49.4 Å². The number of ether oxygens (including phenoxy) is 4. The Kier molecular flexibility index (Phi) is 65.9. The molecule has 0 aliphatic carbocycles. The summed E-state index contributed by atoms with van der Waals surface area (Å²) in [6.45, 7) is 14.2. The normalized spacial score (nSPS) is 14.4. The van der Waals surface area contributed by atoms with E-state index in [1.165, 1.54) is 199 Å². The maximum Gasteiger partial charge on any atom is 0.472 e. The van der Waals surface area contributed by atoms with Crippen LogP contribution in [0.15, 0.2) is 0 Å². The number of carbonyl (C=O) groups is 4. The van der Waals surface area contributed by atoms with Crippen molar-refractivity contribution in [2.45, 2.75) is 414 Å². The van der Waals surface area contributed by atoms with Gasteiger partial charge in [0.1, 0.15) is 19.3 Å². The number of esters is 4. The van der Waals surface area contributed by atoms with Crippen LogP contribution in [0.25, 0.3) is 0 Å². The third-order valence-corrected chi connectivity index (χ3v) is 20.3. The van der Waals surface area contributed by atoms with Crippen LogP contribution in [0, 0.1) is 23.7 Å². The number of rotatable bonds is 75. The van der Waals surface area contributed by atoms with Crippen LogP contribution in [0.3, 0.4) is 0 Å². The molecule has 0 aromatic heterocycles. The van der Waals surface area contributed by atoms with Gasteiger partial charge in [-0.25, -0.2) is 9.13 Å². The number of aliphatic hydroxyl groups is 1. The lowest BCUT2D eigenvalue weighted by molar-refractivity contribution is -0.161. The zero-order valence-corrected chi connectivity index (χ0v) is 65.5. The molecule has 576 valence electrons. The molecule has 0 fully saturated rings. The average molecular weight is 1420 g/mol. The number of unbranched alkanes of at least 4 members (excludes halogenated alkanes) is 40. The minimum Gasteiger partial charge on any atom is -0.462 e. The van der Waals surface area contributed by atoms with E-state index in [1.54, 1.807) is 0 Å². The van der Waals surface area contributed by atoms with Crippen LogP contribution < -0.4 is 0 Å². The average Bonchev–Trinajstić information content (AvgIpc) is 1.34. The van der Waals surface area contributed by atoms with Gasteiger partial charge in [-0.1, -0.05) is 344 Å². The van der Waals surface area contributed by atoms with Crippen LogP contribution in [-0.2, 0) is 65.4 Å². The molecule has 0 heterocycles. The van der Waals surface area contributed by atoms with Crippen LogP contribution in [0.4, 0.5) is 0 Å². The number of hydrogen-bond donors (Lipinski definition) is 3. The van der Waals surface area contributed by atoms with Gasteiger partial charge in [0.15, 0.2) is 12.2 Å². The van der Waals surface area contributed by atoms with E-state index in [0.717, 1.165) is 114 Å². The van der Waals surface area contributed by atoms with Gasteiger partial charge in [-0.2, -0.15) is 0 Å². The van der Waals surface area contributed by atoms with Crippen molar-refractivity contribution < 1.29 is 80.2 Å². The standard InChI is InChI=1S/C78H152O17P2/c1-9-71(8)57-49-41-33-27-29-37-45-53-61-78(83)95-74(65-89-76(81)59-51-43-35-28-26-32-40-48-56-70(6)7)67-93-97(86,87)91-63-72(79)62-90-96(84,85)92-66-73(64-88-75(80)58-50-42-34-24-21-20-23-31-39-47-55-69(4)5)94-77(82)60-52-44-36-25-19-17-15-13-11-10-12-14-16-18-22-30-38-46-54-68(2)3/h68-74,79H,9-67H2,1-8H3,(H,84,85)(H,86,87)/t71?,72?,73-,74-/m1/s1. The van der Waals surface area contributed by atoms with Crippen LogP contribution in [0.5, 0.6) is 0 Å². The van der Waals surface area contributed by atoms with Gasteiger partial charge in [0.05, 0.1) is 26.4 Å². The molecule has 0 aromatic carbocycles. The second kappa shape index (κ2) is 67.2. The number of phosphoric acid groups is 2. The summed E-state index contributed by atoms with van der Waals surface area (Å²) in [5, 5.41) is 10.6. The largest absolute Gasteiger partial charge is 0.472 e. The molecule has 0 amide bonds. The molecule has 0 aliphatic heterocycles. The smallest absolute Gasteiger partial charge is 0.462 e. The van der Waals surface area contributed by atoms with Crippen LogP contribution in [0.2, 0.25) is 0 Å². The van der Waals surface area contributed by atoms with Gasteiger partial charge in [0.2, 0.25) is 0 Å². The van der Waals surface area contributed by atoms with Crippen molar-refractivity contribution >= 4 is 39.5 Å². The molecular formula is C78H152O17P2. The Morgan fingerprint density at radius 3 is 0.732 bits per heavy atom. The van der Waals surface area contributed by atoms with Crippen molar-refractivity contribution in [1.82, 2.24) is 0 Å². The highest BCUT2D eigenvalue weighted by atomic mass is 31.2. The minimum atomic E-state index is -4.96. The summed E-state index contributed by atoms with van der Waals surface area (Å²) in [7, 11) is -9.92. The van der Waals surface area contributed by atoms with E-state index in [9.17, 15) is 43.2 Å². The van der Waals surface area contributed by atoms with Crippen LogP contribution in [0.1, 0.15) is 396 Å². The Bertz CT molecular complexity index is 1900. The van der Waals surface area contributed by atoms with Gasteiger partial charge in [-0.15, -0.1) is 0 Å². The van der Waals surface area contributed by atoms with Crippen molar-refractivity contribution in [2.24, 2.45) is 23.7 Å². The predicted octanol–water partition coefficient (Wildman–Crippen LogP) is 22.8. The lowest BCUT2D eigenvalue weighted by atomic mass is 9.99. The number of aliphatic hydroxyl groups excluding tert-OH is 1. The molecule has 97 heavy (non-hydrogen) atoms. The predicted molar refractivity (Wildman–Crippen MR) is 395 cm³/mol. The maximum atomic E-state index is 13.1. The maximum absolute atomic E-state index is 13.1. The molecule has 0 aromatic rings. The topological polar surface area (TPSA) is 237 Å². The third-order valence-electron chi connectivity index (χ3n) is 18.4. The molecule has 19 heteroatoms. The van der Waals surface area contributed by atoms with Crippen LogP contribution in [-0.4, -0.2) is 96.7 Å². The molecule has 0 rings (SSSR count). The molecule has 3 N–H and O–H groups in total. The minimum absolute atomic E-state index is 0.104. The summed E-state index contributed by atoms with van der Waals surface area (Å²) in [6, 6.07) is 0. The molecule has 4 unspecified atom stereocenters. The Hall–Kier alpha value is -1.94. The first-order chi connectivity index (χ1) is 46.6. The fraction of sp³-hybridized carbons (Fsp3) is 0.949. The van der Waals surface area contributed by atoms with Gasteiger partial charge < -0.3 is 33.8 Å². The Morgan fingerprint density at radius 2 is 0.495 bits per heavy atom. The fourth-order valence-electron chi connectivity index (χ4n) is 11.9. The zero-order chi connectivity index (χ0) is 71.7. The highest BCUT2D eigenvalue weighted by Gasteiger charge is 2.30. The molecule has 0 radical (unpaired) electrons. The second-order valence-corrected chi connectivity index (χ2v) is 32.7. The summed E-state index contributed by atoms with van der Waals surface area (Å²) in [4.78, 5) is 72.9. The van der Waals surface area contributed by atoms with Crippen LogP contribution >= 0.6 is 15.6 Å². The van der Waals surface area contributed by atoms with Gasteiger partial charge >= 0.3 is 39.5 Å². The molecule has 0 bridgehead atoms. The highest BCUT2D eigenvalue weighted by molar-refractivity contribution is 7.47. The quantitative estimate of drug-likeness (QED) is 0.0222. The lowest BCUT2D eigenvalue weighted by Gasteiger charge is -2.21. The first-order valence-corrected chi connectivity index (χ1v) is 43.2. The molecule has 17 nitrogen and oxygen atoms in total. The van der Waals surface area contributed by atoms with Gasteiger partial charge in [-0.3, -0.25) is 37.3 Å². The van der Waals surface area contributed by atoms with Crippen molar-refractivity contribution in [2.75, 3.05) is 39.6 Å². The highest BCUT2D eigenvalue weighted by Crippen LogP contribution is 2.45. The van der Waals surface area contributed by atoms with E-state index in [1.807, 2.05) is 0 Å². The third kappa shape index (κ3) is 70.9. The molecule has 0 aliphatic rings. The molecule has 0 spiro atoms. The summed E-state index contributed by atoms with van der Waals surface area (Å²) in [6.07, 6.45) is 52.8. The van der Waals surface area contributed by atoms with E-state index in [4.69, 9.17) is 37.0 Å². The van der Waals surface area contributed by atoms with Crippen molar-refractivity contribution in [3.63, 3.8) is 0 Å². The van der Waals surface area contributed by atoms with Gasteiger partial charge in [0.25, 0.3) is 0 Å². The lowest BCUT2D eigenvalue weighted by Crippen LogP contribution is -2.30. The summed E-state index contributed by atoms with van der Waals surface area (Å²) in [5.74, 6) is 0.954. The molecular weight excluding hydrogens is 1270 g/mol. The molecule has 6 atom stereocenters. The van der Waals surface area contributed by atoms with Gasteiger partial charge in [0, 0.05) is 25.7 Å². The number of phosphoric ester groups is 2. The number of hydrogen-bond acceptors (Lipinski definition) is 15. The Balaban J connectivity index is 5.22. The number of carbonyl (C=O) groups excluding carboxylic acids is 4. The summed E-state index contributed by atoms with van der Waals surface area (Å²) < 4.78 is 68.6. The SMILES string of the molecule is CCC(C)CCCCCCCCCCC(=O)O[C@H](COC(=O)CCCCCCCCCCC(C)C)COP(=O)(O)OCC(O)COP(=O)(O)OC[C@@H](COC(=O)CCCCCCCCCCCCC(C)C)OC(=O)CCCCCCCCCCCCCCCCCCCCC(C)C. The van der Waals surface area contributed by atoms with Crippen molar-refractivity contribution in [1.29, 1.82) is 0 Å². The van der Waals surface area contributed by atoms with E-state index in [2.05, 4.69) is 55.4 Å². The van der Waals surface area contributed by atoms with Crippen molar-refractivity contribution in [3.05, 3.63) is 0 Å². The summed E-state index contributed by atoms with van der Waals surface area (Å²) in [5.41, 5.74) is 0. The monoisotopic (exact) mass is 1420 g/mol. The summed E-state index contributed by atoms with van der Waals surface area (Å²) >= 11 is 0. The first-order valence-electron chi connectivity index (χ1n) is 40.2.